The minimum absolute atomic E-state index is 0.0320. The highest BCUT2D eigenvalue weighted by Gasteiger charge is 2.70. The predicted molar refractivity (Wildman–Crippen MR) is 139 cm³/mol. The molecule has 2 aromatic rings. The second-order valence-electron chi connectivity index (χ2n) is 10.2. The topological polar surface area (TPSA) is 154 Å². The van der Waals surface area contributed by atoms with E-state index in [2.05, 4.69) is 0 Å². The summed E-state index contributed by atoms with van der Waals surface area (Å²) in [6, 6.07) is 7.31. The molecule has 38 heavy (non-hydrogen) atoms. The van der Waals surface area contributed by atoms with Gasteiger partial charge in [0.2, 0.25) is 0 Å². The minimum atomic E-state index is -4.50. The first-order chi connectivity index (χ1) is 17.8. The van der Waals surface area contributed by atoms with Gasteiger partial charge in [-0.1, -0.05) is 19.9 Å². The normalized spacial score (nSPS) is 27.5. The van der Waals surface area contributed by atoms with Crippen LogP contribution in [0, 0.1) is 34.2 Å². The monoisotopic (exact) mass is 656 g/mol. The number of hydrogen-bond donors (Lipinski definition) is 2. The van der Waals surface area contributed by atoms with Crippen molar-refractivity contribution in [3.63, 3.8) is 0 Å². The molecule has 5 rings (SSSR count). The molecule has 3 fully saturated rings. The molecular weight excluding hydrogens is 631 g/mol. The lowest BCUT2D eigenvalue weighted by molar-refractivity contribution is -0.149. The molecule has 6 unspecified atom stereocenters. The molecule has 0 amide bonds. The van der Waals surface area contributed by atoms with Gasteiger partial charge in [0.1, 0.15) is 29.3 Å². The Balaban J connectivity index is 1.42. The van der Waals surface area contributed by atoms with Crippen molar-refractivity contribution in [3.05, 3.63) is 50.6 Å². The molecule has 0 radical (unpaired) electrons. The Morgan fingerprint density at radius 3 is 2.55 bits per heavy atom. The van der Waals surface area contributed by atoms with Crippen molar-refractivity contribution in [2.75, 3.05) is 0 Å². The van der Waals surface area contributed by atoms with E-state index in [9.17, 15) is 32.5 Å². The number of rotatable bonds is 6. The number of aromatic hydroxyl groups is 1. The zero-order valence-corrected chi connectivity index (χ0v) is 23.6. The number of halogens is 1. The lowest BCUT2D eigenvalue weighted by atomic mass is 9.78. The largest absolute Gasteiger partial charge is 0.506 e. The number of fused-ring (bicyclic) bond motifs is 1. The van der Waals surface area contributed by atoms with Crippen LogP contribution in [0.2, 0.25) is 0 Å². The van der Waals surface area contributed by atoms with Crippen molar-refractivity contribution >= 4 is 50.6 Å². The Morgan fingerprint density at radius 2 is 1.89 bits per heavy atom. The predicted octanol–water partition coefficient (Wildman–Crippen LogP) is 3.61. The number of phenolic OH excluding ortho intramolecular Hbond substituents is 1. The van der Waals surface area contributed by atoms with Crippen LogP contribution in [0.4, 0.5) is 0 Å². The molecule has 10 nitrogen and oxygen atoms in total. The van der Waals surface area contributed by atoms with Gasteiger partial charge in [-0.05, 0) is 77.2 Å². The molecule has 1 heterocycles. The summed E-state index contributed by atoms with van der Waals surface area (Å²) < 4.78 is 50.8. The third-order valence-corrected chi connectivity index (χ3v) is 9.47. The zero-order valence-electron chi connectivity index (χ0n) is 20.6. The van der Waals surface area contributed by atoms with Crippen LogP contribution >= 0.6 is 22.6 Å². The van der Waals surface area contributed by atoms with Crippen LogP contribution in [0.25, 0.3) is 0 Å². The van der Waals surface area contributed by atoms with Gasteiger partial charge < -0.3 is 19.3 Å². The van der Waals surface area contributed by atoms with Crippen LogP contribution < -0.4 is 4.74 Å². The van der Waals surface area contributed by atoms with Crippen molar-refractivity contribution in [3.8, 4) is 11.5 Å². The SMILES string of the molecule is Cc1cc(S(=O)(=O)O)c(C(C)C)cc1OC(=O)C1C2CC3C(OC(=O)C31)C2OC(=O)c1cccc(I)c1O. The lowest BCUT2D eigenvalue weighted by Gasteiger charge is -2.30. The fourth-order valence-electron chi connectivity index (χ4n) is 5.97. The molecule has 202 valence electrons. The molecule has 3 aliphatic rings. The van der Waals surface area contributed by atoms with Crippen molar-refractivity contribution in [2.45, 2.75) is 50.2 Å². The molecule has 2 saturated carbocycles. The van der Waals surface area contributed by atoms with Gasteiger partial charge in [-0.25, -0.2) is 4.79 Å². The molecule has 1 saturated heterocycles. The first-order valence-electron chi connectivity index (χ1n) is 12.0. The maximum absolute atomic E-state index is 13.5. The third kappa shape index (κ3) is 4.35. The van der Waals surface area contributed by atoms with Crippen LogP contribution in [0.1, 0.15) is 47.7 Å². The number of ether oxygens (including phenoxy) is 3. The van der Waals surface area contributed by atoms with E-state index in [-0.39, 0.29) is 39.4 Å². The van der Waals surface area contributed by atoms with Crippen LogP contribution in [-0.2, 0) is 29.2 Å². The van der Waals surface area contributed by atoms with E-state index in [0.717, 1.165) is 0 Å². The maximum Gasteiger partial charge on any atom is 0.342 e. The summed E-state index contributed by atoms with van der Waals surface area (Å²) >= 11 is 1.89. The Labute approximate surface area is 232 Å². The minimum Gasteiger partial charge on any atom is -0.506 e. The van der Waals surface area contributed by atoms with Gasteiger partial charge in [0.15, 0.2) is 0 Å². The average Bonchev–Trinajstić information content (AvgIpc) is 3.45. The fraction of sp³-hybridized carbons (Fsp3) is 0.423. The summed E-state index contributed by atoms with van der Waals surface area (Å²) in [5, 5.41) is 10.3. The summed E-state index contributed by atoms with van der Waals surface area (Å²) in [4.78, 5) is 38.8. The number of carbonyl (C=O) groups is 3. The maximum atomic E-state index is 13.5. The Kier molecular flexibility index (Phi) is 6.71. The van der Waals surface area contributed by atoms with E-state index < -0.39 is 58.0 Å². The van der Waals surface area contributed by atoms with Crippen LogP contribution in [-0.4, -0.2) is 48.2 Å². The fourth-order valence-corrected chi connectivity index (χ4v) is 7.39. The number of para-hydroxylation sites is 1. The molecule has 0 spiro atoms. The van der Waals surface area contributed by atoms with Gasteiger partial charge in [0.05, 0.1) is 20.3 Å². The first kappa shape index (κ1) is 26.9. The van der Waals surface area contributed by atoms with Crippen LogP contribution in [0.3, 0.4) is 0 Å². The van der Waals surface area contributed by atoms with E-state index >= 15 is 0 Å². The van der Waals surface area contributed by atoms with Crippen molar-refractivity contribution in [1.29, 1.82) is 0 Å². The number of benzene rings is 2. The Morgan fingerprint density at radius 1 is 1.18 bits per heavy atom. The summed E-state index contributed by atoms with van der Waals surface area (Å²) in [7, 11) is -4.50. The number of carbonyl (C=O) groups excluding carboxylic acids is 3. The van der Waals surface area contributed by atoms with Gasteiger partial charge in [-0.3, -0.25) is 14.1 Å². The molecule has 2 N–H and O–H groups in total. The van der Waals surface area contributed by atoms with Gasteiger partial charge in [-0.2, -0.15) is 8.42 Å². The first-order valence-corrected chi connectivity index (χ1v) is 14.5. The third-order valence-electron chi connectivity index (χ3n) is 7.69. The van der Waals surface area contributed by atoms with E-state index in [0.29, 0.717) is 15.6 Å². The number of hydrogen-bond acceptors (Lipinski definition) is 9. The van der Waals surface area contributed by atoms with E-state index in [1.807, 2.05) is 22.6 Å². The quantitative estimate of drug-likeness (QED) is 0.204. The molecular formula is C26H25IO10S. The molecule has 0 aromatic heterocycles. The van der Waals surface area contributed by atoms with Crippen molar-refractivity contribution in [1.82, 2.24) is 0 Å². The van der Waals surface area contributed by atoms with E-state index in [4.69, 9.17) is 14.2 Å². The summed E-state index contributed by atoms with van der Waals surface area (Å²) in [6.45, 7) is 5.01. The van der Waals surface area contributed by atoms with Crippen molar-refractivity contribution in [2.24, 2.45) is 23.7 Å². The molecule has 12 heteroatoms. The summed E-state index contributed by atoms with van der Waals surface area (Å²) in [5.41, 5.74) is 0.552. The van der Waals surface area contributed by atoms with E-state index in [1.165, 1.54) is 18.2 Å². The Bertz CT molecular complexity index is 1470. The van der Waals surface area contributed by atoms with Gasteiger partial charge in [0.25, 0.3) is 10.1 Å². The number of phenols is 1. The van der Waals surface area contributed by atoms with Crippen LogP contribution in [0.15, 0.2) is 35.2 Å². The second kappa shape index (κ2) is 9.49. The molecule has 6 atom stereocenters. The van der Waals surface area contributed by atoms with Gasteiger partial charge in [0, 0.05) is 11.8 Å². The van der Waals surface area contributed by atoms with Gasteiger partial charge >= 0.3 is 17.9 Å². The zero-order chi connectivity index (χ0) is 27.7. The number of aryl methyl sites for hydroxylation is 1. The van der Waals surface area contributed by atoms with Crippen LogP contribution in [0.5, 0.6) is 11.5 Å². The highest BCUT2D eigenvalue weighted by Crippen LogP contribution is 2.59. The summed E-state index contributed by atoms with van der Waals surface area (Å²) in [6.07, 6.45) is -1.15. The molecule has 1 aliphatic heterocycles. The highest BCUT2D eigenvalue weighted by atomic mass is 127. The van der Waals surface area contributed by atoms with Crippen molar-refractivity contribution < 1.29 is 46.7 Å². The Hall–Kier alpha value is -2.71. The van der Waals surface area contributed by atoms with E-state index in [1.54, 1.807) is 32.9 Å². The summed E-state index contributed by atoms with van der Waals surface area (Å²) in [5.74, 6) is -5.00. The standard InChI is InChI=1S/C26H25IO10S/c1-10(2)13-9-17(11(3)7-18(13)38(32,33)34)35-25(30)19-14-8-15-20(19)26(31)37-23(15)22(14)36-24(29)12-5-4-6-16(27)21(12)28/h4-7,9-10,14-15,19-20,22-23,28H,8H2,1-3H3,(H,32,33,34). The number of esters is 3. The highest BCUT2D eigenvalue weighted by molar-refractivity contribution is 14.1. The smallest absolute Gasteiger partial charge is 0.342 e. The second-order valence-corrected chi connectivity index (χ2v) is 12.8. The molecule has 2 bridgehead atoms. The molecule has 2 aliphatic carbocycles. The molecule has 2 aromatic carbocycles. The average molecular weight is 656 g/mol. The lowest BCUT2D eigenvalue weighted by Crippen LogP contribution is -2.44. The van der Waals surface area contributed by atoms with Gasteiger partial charge in [-0.15, -0.1) is 0 Å².